The van der Waals surface area contributed by atoms with Gasteiger partial charge in [-0.25, -0.2) is 13.1 Å². The van der Waals surface area contributed by atoms with E-state index in [4.69, 9.17) is 5.73 Å². The molecule has 0 unspecified atom stereocenters. The van der Waals surface area contributed by atoms with Crippen LogP contribution in [0.15, 0.2) is 29.2 Å². The van der Waals surface area contributed by atoms with Crippen LogP contribution >= 0.6 is 12.4 Å². The second-order valence-electron chi connectivity index (χ2n) is 6.09. The van der Waals surface area contributed by atoms with Crippen LogP contribution in [0.25, 0.3) is 0 Å². The van der Waals surface area contributed by atoms with Crippen LogP contribution < -0.4 is 15.8 Å². The molecule has 0 saturated heterocycles. The number of amides is 1. The fourth-order valence-electron chi connectivity index (χ4n) is 2.70. The molecule has 1 aromatic rings. The fourth-order valence-corrected chi connectivity index (χ4v) is 3.84. The Hall–Kier alpha value is -1.15. The van der Waals surface area contributed by atoms with Crippen LogP contribution in [0.5, 0.6) is 0 Å². The molecule has 8 heteroatoms. The molecular weight excluding hydrogens is 350 g/mol. The Morgan fingerprint density at radius 3 is 2.29 bits per heavy atom. The maximum Gasteiger partial charge on any atom is 0.244 e. The van der Waals surface area contributed by atoms with Crippen molar-refractivity contribution in [3.05, 3.63) is 24.3 Å². The van der Waals surface area contributed by atoms with Gasteiger partial charge in [-0.3, -0.25) is 4.79 Å². The van der Waals surface area contributed by atoms with Gasteiger partial charge in [0.05, 0.1) is 10.4 Å². The Balaban J connectivity index is 0.00000288. The zero-order valence-corrected chi connectivity index (χ0v) is 15.5. The smallest absolute Gasteiger partial charge is 0.244 e. The zero-order chi connectivity index (χ0) is 16.9. The molecule has 0 bridgehead atoms. The van der Waals surface area contributed by atoms with Crippen molar-refractivity contribution in [1.29, 1.82) is 0 Å². The molecule has 1 aliphatic carbocycles. The average molecular weight is 376 g/mol. The molecular formula is C16H26ClN3O3S. The molecule has 1 aliphatic rings. The molecule has 136 valence electrons. The minimum Gasteiger partial charge on any atom is -0.324 e. The van der Waals surface area contributed by atoms with Gasteiger partial charge >= 0.3 is 0 Å². The van der Waals surface area contributed by atoms with E-state index in [0.717, 1.165) is 25.7 Å². The van der Waals surface area contributed by atoms with Crippen molar-refractivity contribution in [3.63, 3.8) is 0 Å². The highest BCUT2D eigenvalue weighted by Crippen LogP contribution is 2.27. The van der Waals surface area contributed by atoms with Gasteiger partial charge in [-0.05, 0) is 43.5 Å². The van der Waals surface area contributed by atoms with Crippen molar-refractivity contribution < 1.29 is 13.2 Å². The molecule has 6 nitrogen and oxygen atoms in total. The Morgan fingerprint density at radius 2 is 1.75 bits per heavy atom. The number of nitrogens with one attached hydrogen (secondary N) is 2. The highest BCUT2D eigenvalue weighted by Gasteiger charge is 2.35. The molecule has 1 saturated carbocycles. The first-order valence-electron chi connectivity index (χ1n) is 8.07. The highest BCUT2D eigenvalue weighted by atomic mass is 35.5. The average Bonchev–Trinajstić information content (AvgIpc) is 2.54. The lowest BCUT2D eigenvalue weighted by atomic mass is 9.82. The van der Waals surface area contributed by atoms with Gasteiger partial charge in [0.2, 0.25) is 15.9 Å². The summed E-state index contributed by atoms with van der Waals surface area (Å²) in [5.41, 5.74) is 5.93. The van der Waals surface area contributed by atoms with Crippen LogP contribution in [0.1, 0.15) is 45.4 Å². The number of carbonyl (C=O) groups is 1. The van der Waals surface area contributed by atoms with E-state index in [1.165, 1.54) is 12.1 Å². The molecule has 1 amide bonds. The molecule has 1 fully saturated rings. The van der Waals surface area contributed by atoms with E-state index in [9.17, 15) is 13.2 Å². The van der Waals surface area contributed by atoms with Gasteiger partial charge in [0, 0.05) is 12.2 Å². The van der Waals surface area contributed by atoms with Crippen LogP contribution in [0, 0.1) is 0 Å². The third-order valence-corrected chi connectivity index (χ3v) is 5.64. The number of halogens is 1. The van der Waals surface area contributed by atoms with E-state index in [1.807, 2.05) is 6.92 Å². The second kappa shape index (κ2) is 8.80. The molecule has 0 aliphatic heterocycles. The molecule has 0 spiro atoms. The van der Waals surface area contributed by atoms with E-state index >= 15 is 0 Å². The quantitative estimate of drug-likeness (QED) is 0.710. The predicted octanol–water partition coefficient (Wildman–Crippen LogP) is 2.40. The lowest BCUT2D eigenvalue weighted by Crippen LogP contribution is -2.52. The maximum absolute atomic E-state index is 12.3. The van der Waals surface area contributed by atoms with E-state index in [0.29, 0.717) is 25.1 Å². The topological polar surface area (TPSA) is 101 Å². The third-order valence-electron chi connectivity index (χ3n) is 4.16. The number of carbonyl (C=O) groups excluding carboxylic acids is 1. The van der Waals surface area contributed by atoms with Gasteiger partial charge in [-0.2, -0.15) is 0 Å². The molecule has 4 N–H and O–H groups in total. The second-order valence-corrected chi connectivity index (χ2v) is 7.86. The lowest BCUT2D eigenvalue weighted by Gasteiger charge is -2.31. The number of rotatable bonds is 6. The number of hydrogen-bond donors (Lipinski definition) is 3. The Labute approximate surface area is 150 Å². The lowest BCUT2D eigenvalue weighted by molar-refractivity contribution is -0.122. The summed E-state index contributed by atoms with van der Waals surface area (Å²) in [7, 11) is -3.49. The molecule has 2 rings (SSSR count). The molecule has 24 heavy (non-hydrogen) atoms. The third kappa shape index (κ3) is 5.17. The summed E-state index contributed by atoms with van der Waals surface area (Å²) in [6.07, 6.45) is 5.14. The van der Waals surface area contributed by atoms with Gasteiger partial charge in [0.1, 0.15) is 0 Å². The van der Waals surface area contributed by atoms with Crippen LogP contribution in [0.2, 0.25) is 0 Å². The van der Waals surface area contributed by atoms with Crippen molar-refractivity contribution in [1.82, 2.24) is 4.72 Å². The van der Waals surface area contributed by atoms with Crippen molar-refractivity contribution >= 4 is 34.0 Å². The summed E-state index contributed by atoms with van der Waals surface area (Å²) >= 11 is 0. The highest BCUT2D eigenvalue weighted by molar-refractivity contribution is 7.89. The van der Waals surface area contributed by atoms with Crippen LogP contribution in [-0.4, -0.2) is 26.4 Å². The zero-order valence-electron chi connectivity index (χ0n) is 13.9. The first-order chi connectivity index (χ1) is 10.9. The number of sulfonamides is 1. The summed E-state index contributed by atoms with van der Waals surface area (Å²) in [6, 6.07) is 6.14. The van der Waals surface area contributed by atoms with Gasteiger partial charge in [-0.1, -0.05) is 26.2 Å². The number of anilines is 1. The Kier molecular flexibility index (Phi) is 7.66. The van der Waals surface area contributed by atoms with E-state index in [2.05, 4.69) is 10.0 Å². The van der Waals surface area contributed by atoms with Gasteiger partial charge in [0.15, 0.2) is 0 Å². The summed E-state index contributed by atoms with van der Waals surface area (Å²) in [4.78, 5) is 12.5. The molecule has 1 aromatic carbocycles. The number of benzene rings is 1. The summed E-state index contributed by atoms with van der Waals surface area (Å²) in [5, 5.41) is 2.79. The van der Waals surface area contributed by atoms with Crippen LogP contribution in [0.3, 0.4) is 0 Å². The Morgan fingerprint density at radius 1 is 1.17 bits per heavy atom. The van der Waals surface area contributed by atoms with E-state index < -0.39 is 15.6 Å². The van der Waals surface area contributed by atoms with Crippen LogP contribution in [-0.2, 0) is 14.8 Å². The largest absolute Gasteiger partial charge is 0.324 e. The molecule has 0 aromatic heterocycles. The Bertz CT molecular complexity index is 641. The summed E-state index contributed by atoms with van der Waals surface area (Å²) in [6.45, 7) is 2.30. The fraction of sp³-hybridized carbons (Fsp3) is 0.562. The monoisotopic (exact) mass is 375 g/mol. The first-order valence-corrected chi connectivity index (χ1v) is 9.56. The first kappa shape index (κ1) is 20.9. The maximum atomic E-state index is 12.3. The van der Waals surface area contributed by atoms with Gasteiger partial charge in [0.25, 0.3) is 0 Å². The minimum atomic E-state index is -3.49. The van der Waals surface area contributed by atoms with E-state index in [1.54, 1.807) is 12.1 Å². The van der Waals surface area contributed by atoms with Crippen molar-refractivity contribution in [3.8, 4) is 0 Å². The minimum absolute atomic E-state index is 0. The number of hydrogen-bond acceptors (Lipinski definition) is 4. The van der Waals surface area contributed by atoms with Crippen molar-refractivity contribution in [2.45, 2.75) is 55.9 Å². The number of nitrogens with two attached hydrogens (primary N) is 1. The summed E-state index contributed by atoms with van der Waals surface area (Å²) in [5.74, 6) is -0.197. The standard InChI is InChI=1S/C16H25N3O3S.ClH/c1-2-12-18-23(21,22)14-8-6-13(7-9-14)19-15(20)16(17)10-4-3-5-11-16;/h6-9,18H,2-5,10-12,17H2,1H3,(H,19,20);1H. The van der Waals surface area contributed by atoms with E-state index in [-0.39, 0.29) is 23.2 Å². The predicted molar refractivity (Wildman–Crippen MR) is 97.8 cm³/mol. The summed E-state index contributed by atoms with van der Waals surface area (Å²) < 4.78 is 26.5. The van der Waals surface area contributed by atoms with Crippen molar-refractivity contribution in [2.24, 2.45) is 5.73 Å². The molecule has 0 radical (unpaired) electrons. The normalized spacial score (nSPS) is 16.9. The van der Waals surface area contributed by atoms with Crippen molar-refractivity contribution in [2.75, 3.05) is 11.9 Å². The SMILES string of the molecule is CCCNS(=O)(=O)c1ccc(NC(=O)C2(N)CCCCC2)cc1.Cl. The molecule has 0 heterocycles. The van der Waals surface area contributed by atoms with Gasteiger partial charge in [-0.15, -0.1) is 12.4 Å². The van der Waals surface area contributed by atoms with Gasteiger partial charge < -0.3 is 11.1 Å². The molecule has 0 atom stereocenters. The van der Waals surface area contributed by atoms with Crippen LogP contribution in [0.4, 0.5) is 5.69 Å².